The highest BCUT2D eigenvalue weighted by atomic mass is 35.5. The number of hydrogen-bond donors (Lipinski definition) is 1. The van der Waals surface area contributed by atoms with Gasteiger partial charge >= 0.3 is 5.76 Å². The van der Waals surface area contributed by atoms with Crippen molar-refractivity contribution in [1.82, 2.24) is 29.7 Å². The molecular formula is C29H35ClN6O3. The number of aromatic amines is 1. The van der Waals surface area contributed by atoms with Crippen molar-refractivity contribution in [2.24, 2.45) is 17.8 Å². The van der Waals surface area contributed by atoms with Crippen LogP contribution in [0.4, 0.5) is 0 Å². The summed E-state index contributed by atoms with van der Waals surface area (Å²) in [5.74, 6) is 2.34. The molecule has 6 rings (SSSR count). The van der Waals surface area contributed by atoms with E-state index >= 15 is 0 Å². The van der Waals surface area contributed by atoms with Gasteiger partial charge in [-0.05, 0) is 55.6 Å². The fourth-order valence-corrected chi connectivity index (χ4v) is 6.28. The van der Waals surface area contributed by atoms with Crippen LogP contribution in [0, 0.1) is 17.8 Å². The molecule has 4 aromatic rings. The number of fused-ring (bicyclic) bond motifs is 1. The third kappa shape index (κ3) is 5.94. The molecular weight excluding hydrogens is 516 g/mol. The van der Waals surface area contributed by atoms with Gasteiger partial charge in [-0.3, -0.25) is 0 Å². The molecule has 10 heteroatoms. The fraction of sp³-hybridized carbons (Fsp3) is 0.552. The number of aromatic nitrogens is 6. The van der Waals surface area contributed by atoms with Gasteiger partial charge in [-0.15, -0.1) is 5.10 Å². The second-order valence-electron chi connectivity index (χ2n) is 11.3. The van der Waals surface area contributed by atoms with Crippen molar-refractivity contribution in [3.8, 4) is 23.0 Å². The van der Waals surface area contributed by atoms with E-state index in [-0.39, 0.29) is 11.7 Å². The normalized spacial score (nSPS) is 20.6. The lowest BCUT2D eigenvalue weighted by molar-refractivity contribution is 0.0678. The third-order valence-electron chi connectivity index (χ3n) is 8.30. The number of imidazole rings is 1. The predicted octanol–water partition coefficient (Wildman–Crippen LogP) is 6.41. The van der Waals surface area contributed by atoms with E-state index in [0.717, 1.165) is 36.0 Å². The number of nitrogens with zero attached hydrogens (tertiary/aromatic N) is 5. The van der Waals surface area contributed by atoms with E-state index in [4.69, 9.17) is 35.7 Å². The molecule has 1 N–H and O–H groups in total. The van der Waals surface area contributed by atoms with Gasteiger partial charge in [0.25, 0.3) is 5.89 Å². The van der Waals surface area contributed by atoms with Crippen molar-refractivity contribution in [3.63, 3.8) is 0 Å². The van der Waals surface area contributed by atoms with Gasteiger partial charge < -0.3 is 13.7 Å². The zero-order valence-electron chi connectivity index (χ0n) is 22.4. The van der Waals surface area contributed by atoms with Gasteiger partial charge in [0.1, 0.15) is 23.6 Å². The smallest absolute Gasteiger partial charge is 0.384 e. The molecule has 2 aliphatic rings. The number of halogens is 1. The van der Waals surface area contributed by atoms with Crippen molar-refractivity contribution < 1.29 is 9.15 Å². The average Bonchev–Trinajstić information content (AvgIpc) is 3.53. The van der Waals surface area contributed by atoms with Crippen LogP contribution in [0.3, 0.4) is 0 Å². The number of hydrogen-bond acceptors (Lipinski definition) is 7. The van der Waals surface area contributed by atoms with E-state index in [1.165, 1.54) is 57.8 Å². The summed E-state index contributed by atoms with van der Waals surface area (Å²) in [6.45, 7) is 4.34. The van der Waals surface area contributed by atoms with Gasteiger partial charge in [-0.25, -0.2) is 24.8 Å². The third-order valence-corrected chi connectivity index (χ3v) is 8.53. The van der Waals surface area contributed by atoms with E-state index in [0.29, 0.717) is 34.8 Å². The molecule has 2 aliphatic carbocycles. The lowest BCUT2D eigenvalue weighted by Crippen LogP contribution is -2.20. The summed E-state index contributed by atoms with van der Waals surface area (Å²) in [6, 6.07) is 7.59. The summed E-state index contributed by atoms with van der Waals surface area (Å²) in [7, 11) is 0. The monoisotopic (exact) mass is 550 g/mol. The maximum absolute atomic E-state index is 11.7. The highest BCUT2D eigenvalue weighted by molar-refractivity contribution is 6.30. The lowest BCUT2D eigenvalue weighted by Gasteiger charge is -2.27. The molecule has 9 nitrogen and oxygen atoms in total. The minimum absolute atomic E-state index is 0.0242. The SMILES string of the molecule is C[C@H]1CC[C@H](Cn2c(COCC3CCCCC3)nc3nc(-c4n[nH]c(=O)o4)nc(-c4cccc(Cl)c4)c32)CC1. The zero-order chi connectivity index (χ0) is 26.8. The van der Waals surface area contributed by atoms with Crippen LogP contribution in [0.1, 0.15) is 70.5 Å². The molecule has 2 saturated carbocycles. The topological polar surface area (TPSA) is 112 Å². The van der Waals surface area contributed by atoms with Crippen molar-refractivity contribution in [3.05, 3.63) is 45.7 Å². The van der Waals surface area contributed by atoms with E-state index in [1.807, 2.05) is 24.3 Å². The summed E-state index contributed by atoms with van der Waals surface area (Å²) in [5, 5.41) is 6.87. The van der Waals surface area contributed by atoms with E-state index in [9.17, 15) is 4.79 Å². The van der Waals surface area contributed by atoms with Crippen molar-refractivity contribution in [1.29, 1.82) is 0 Å². The summed E-state index contributed by atoms with van der Waals surface area (Å²) in [5.41, 5.74) is 2.88. The van der Waals surface area contributed by atoms with Gasteiger partial charge in [0.15, 0.2) is 5.65 Å². The molecule has 0 radical (unpaired) electrons. The Balaban J connectivity index is 1.43. The number of rotatable bonds is 8. The second kappa shape index (κ2) is 11.6. The summed E-state index contributed by atoms with van der Waals surface area (Å²) in [6.07, 6.45) is 11.2. The van der Waals surface area contributed by atoms with Crippen LogP contribution >= 0.6 is 11.6 Å². The van der Waals surface area contributed by atoms with E-state index in [1.54, 1.807) is 0 Å². The Kier molecular flexibility index (Phi) is 7.79. The Labute approximate surface area is 232 Å². The quantitative estimate of drug-likeness (QED) is 0.269. The van der Waals surface area contributed by atoms with Gasteiger partial charge in [0.2, 0.25) is 5.82 Å². The molecule has 0 spiro atoms. The van der Waals surface area contributed by atoms with Crippen LogP contribution in [0.15, 0.2) is 33.5 Å². The van der Waals surface area contributed by atoms with Gasteiger partial charge in [-0.2, -0.15) is 0 Å². The largest absolute Gasteiger partial charge is 0.434 e. The molecule has 0 bridgehead atoms. The number of nitrogens with one attached hydrogen (secondary N) is 1. The Hall–Kier alpha value is -3.04. The average molecular weight is 551 g/mol. The second-order valence-corrected chi connectivity index (χ2v) is 11.7. The zero-order valence-corrected chi connectivity index (χ0v) is 23.1. The molecule has 0 saturated heterocycles. The van der Waals surface area contributed by atoms with Crippen LogP contribution in [-0.4, -0.2) is 36.3 Å². The molecule has 206 valence electrons. The molecule has 0 aliphatic heterocycles. The Morgan fingerprint density at radius 3 is 2.62 bits per heavy atom. The first-order valence-corrected chi connectivity index (χ1v) is 14.6. The first-order chi connectivity index (χ1) is 19.0. The standard InChI is InChI=1S/C29H35ClN6O3/c1-18-10-12-19(13-11-18)15-36-23(17-38-16-20-6-3-2-4-7-20)31-26-25(36)24(21-8-5-9-22(30)14-21)32-27(33-26)28-34-35-29(37)39-28/h5,8-9,14,18-20H,2-4,6-7,10-13,15-17H2,1H3,(H,35,37)/t18-,19-. The van der Waals surface area contributed by atoms with Crippen LogP contribution in [0.5, 0.6) is 0 Å². The first kappa shape index (κ1) is 26.2. The minimum Gasteiger partial charge on any atom is -0.384 e. The first-order valence-electron chi connectivity index (χ1n) is 14.2. The molecule has 1 aromatic carbocycles. The van der Waals surface area contributed by atoms with Gasteiger partial charge in [0, 0.05) is 23.7 Å². The molecule has 3 heterocycles. The molecule has 2 fully saturated rings. The fourth-order valence-electron chi connectivity index (χ4n) is 6.09. The maximum Gasteiger partial charge on any atom is 0.434 e. The van der Waals surface area contributed by atoms with Crippen molar-refractivity contribution in [2.45, 2.75) is 77.9 Å². The Morgan fingerprint density at radius 1 is 1.05 bits per heavy atom. The van der Waals surface area contributed by atoms with Gasteiger partial charge in [0.05, 0.1) is 0 Å². The Morgan fingerprint density at radius 2 is 1.87 bits per heavy atom. The van der Waals surface area contributed by atoms with Crippen LogP contribution in [0.2, 0.25) is 5.02 Å². The number of H-pyrrole nitrogens is 1. The van der Waals surface area contributed by atoms with Crippen LogP contribution in [-0.2, 0) is 17.9 Å². The molecule has 0 atom stereocenters. The molecule has 0 unspecified atom stereocenters. The Bertz CT molecular complexity index is 1480. The van der Waals surface area contributed by atoms with Crippen LogP contribution in [0.25, 0.3) is 34.1 Å². The molecule has 3 aromatic heterocycles. The lowest BCUT2D eigenvalue weighted by atomic mass is 9.83. The summed E-state index contributed by atoms with van der Waals surface area (Å²) in [4.78, 5) is 26.2. The highest BCUT2D eigenvalue weighted by Gasteiger charge is 2.26. The molecule has 0 amide bonds. The van der Waals surface area contributed by atoms with Crippen molar-refractivity contribution >= 4 is 22.8 Å². The summed E-state index contributed by atoms with van der Waals surface area (Å²) >= 11 is 6.40. The highest BCUT2D eigenvalue weighted by Crippen LogP contribution is 2.35. The predicted molar refractivity (Wildman–Crippen MR) is 149 cm³/mol. The molecule has 39 heavy (non-hydrogen) atoms. The van der Waals surface area contributed by atoms with E-state index in [2.05, 4.69) is 21.7 Å². The minimum atomic E-state index is -0.660. The van der Waals surface area contributed by atoms with Crippen LogP contribution < -0.4 is 5.76 Å². The van der Waals surface area contributed by atoms with Crippen molar-refractivity contribution in [2.75, 3.05) is 6.61 Å². The summed E-state index contributed by atoms with van der Waals surface area (Å²) < 4.78 is 13.8. The maximum atomic E-state index is 11.7. The van der Waals surface area contributed by atoms with Gasteiger partial charge in [-0.1, -0.05) is 62.8 Å². The number of ether oxygens (including phenoxy) is 1. The van der Waals surface area contributed by atoms with E-state index < -0.39 is 5.76 Å². The number of benzene rings is 1.